The number of ether oxygens (including phenoxy) is 1. The molecule has 0 radical (unpaired) electrons. The van der Waals surface area contributed by atoms with Gasteiger partial charge in [-0.3, -0.25) is 4.98 Å². The zero-order valence-corrected chi connectivity index (χ0v) is 15.2. The van der Waals surface area contributed by atoms with Gasteiger partial charge >= 0.3 is 12.2 Å². The molecule has 2 N–H and O–H groups in total. The highest BCUT2D eigenvalue weighted by Gasteiger charge is 2.31. The van der Waals surface area contributed by atoms with E-state index >= 15 is 0 Å². The molecule has 1 aromatic heterocycles. The van der Waals surface area contributed by atoms with E-state index in [-0.39, 0.29) is 24.4 Å². The summed E-state index contributed by atoms with van der Waals surface area (Å²) in [5, 5.41) is 5.02. The number of nitrogens with one attached hydrogen (secondary N) is 2. The smallest absolute Gasteiger partial charge is 0.416 e. The fourth-order valence-electron chi connectivity index (χ4n) is 2.55. The van der Waals surface area contributed by atoms with Crippen molar-refractivity contribution in [3.8, 4) is 5.75 Å². The quantitative estimate of drug-likeness (QED) is 0.611. The van der Waals surface area contributed by atoms with Crippen LogP contribution in [0.5, 0.6) is 5.75 Å². The first kappa shape index (κ1) is 20.2. The number of rotatable bonds is 6. The van der Waals surface area contributed by atoms with Gasteiger partial charge in [0.15, 0.2) is 0 Å². The fourth-order valence-corrected chi connectivity index (χ4v) is 2.55. The highest BCUT2D eigenvalue weighted by Crippen LogP contribution is 2.32. The summed E-state index contributed by atoms with van der Waals surface area (Å²) in [6.45, 7) is 0.128. The van der Waals surface area contributed by atoms with E-state index in [4.69, 9.17) is 4.74 Å². The molecule has 3 aromatic rings. The molecule has 150 valence electrons. The third-order valence-electron chi connectivity index (χ3n) is 3.90. The van der Waals surface area contributed by atoms with Gasteiger partial charge < -0.3 is 15.4 Å². The second kappa shape index (κ2) is 9.09. The molecule has 0 unspecified atom stereocenters. The number of amides is 2. The molecule has 0 saturated heterocycles. The number of para-hydroxylation sites is 1. The molecule has 3 rings (SSSR count). The van der Waals surface area contributed by atoms with Crippen LogP contribution in [0, 0.1) is 0 Å². The molecule has 0 bridgehead atoms. The lowest BCUT2D eigenvalue weighted by atomic mass is 10.1. The van der Waals surface area contributed by atoms with Gasteiger partial charge in [0.25, 0.3) is 0 Å². The third kappa shape index (κ3) is 6.24. The van der Waals surface area contributed by atoms with E-state index in [9.17, 15) is 18.0 Å². The van der Waals surface area contributed by atoms with Crippen LogP contribution in [0.1, 0.15) is 16.7 Å². The zero-order chi connectivity index (χ0) is 20.7. The minimum Gasteiger partial charge on any atom is -0.489 e. The summed E-state index contributed by atoms with van der Waals surface area (Å²) in [5.74, 6) is 0.536. The lowest BCUT2D eigenvalue weighted by molar-refractivity contribution is -0.137. The van der Waals surface area contributed by atoms with Crippen molar-refractivity contribution in [1.82, 2.24) is 10.3 Å². The van der Waals surface area contributed by atoms with Gasteiger partial charge in [0.2, 0.25) is 0 Å². The van der Waals surface area contributed by atoms with Crippen LogP contribution in [0.2, 0.25) is 0 Å². The second-order valence-corrected chi connectivity index (χ2v) is 6.19. The van der Waals surface area contributed by atoms with Crippen molar-refractivity contribution in [1.29, 1.82) is 0 Å². The second-order valence-electron chi connectivity index (χ2n) is 6.19. The van der Waals surface area contributed by atoms with E-state index in [1.807, 2.05) is 6.07 Å². The van der Waals surface area contributed by atoms with Crippen LogP contribution in [0.15, 0.2) is 73.1 Å². The van der Waals surface area contributed by atoms with Crippen LogP contribution in [0.25, 0.3) is 0 Å². The molecule has 29 heavy (non-hydrogen) atoms. The average Bonchev–Trinajstić information content (AvgIpc) is 2.71. The van der Waals surface area contributed by atoms with Gasteiger partial charge in [-0.25, -0.2) is 4.79 Å². The molecule has 0 aliphatic rings. The zero-order valence-electron chi connectivity index (χ0n) is 15.2. The van der Waals surface area contributed by atoms with Crippen molar-refractivity contribution in [2.45, 2.75) is 19.3 Å². The Balaban J connectivity index is 1.70. The molecule has 0 aliphatic heterocycles. The van der Waals surface area contributed by atoms with Crippen LogP contribution in [0.3, 0.4) is 0 Å². The van der Waals surface area contributed by atoms with Gasteiger partial charge in [-0.2, -0.15) is 13.2 Å². The number of anilines is 1. The van der Waals surface area contributed by atoms with Crippen molar-refractivity contribution in [3.05, 3.63) is 89.7 Å². The number of halogens is 3. The molecule has 2 amide bonds. The number of carbonyl (C=O) groups excluding carboxylic acids is 1. The Morgan fingerprint density at radius 2 is 1.79 bits per heavy atom. The number of benzene rings is 2. The van der Waals surface area contributed by atoms with E-state index in [0.29, 0.717) is 5.75 Å². The van der Waals surface area contributed by atoms with Gasteiger partial charge in [0.05, 0.1) is 5.56 Å². The number of aromatic nitrogens is 1. The molecule has 0 spiro atoms. The van der Waals surface area contributed by atoms with Crippen molar-refractivity contribution in [2.24, 2.45) is 0 Å². The van der Waals surface area contributed by atoms with Crippen molar-refractivity contribution in [2.75, 3.05) is 5.32 Å². The Labute approximate surface area is 165 Å². The highest BCUT2D eigenvalue weighted by molar-refractivity contribution is 5.89. The number of nitrogens with zero attached hydrogens (tertiary/aromatic N) is 1. The Bertz CT molecular complexity index is 948. The van der Waals surface area contributed by atoms with Gasteiger partial charge in [-0.1, -0.05) is 24.3 Å². The standard InChI is InChI=1S/C21H18F3N3O2/c22-21(23,24)17-9-16(14-29-19-6-2-1-3-7-19)10-18(11-17)27-20(28)26-13-15-5-4-8-25-12-15/h1-12H,13-14H2,(H2,26,27,28). The van der Waals surface area contributed by atoms with Gasteiger partial charge in [0, 0.05) is 24.6 Å². The van der Waals surface area contributed by atoms with Crippen molar-refractivity contribution in [3.63, 3.8) is 0 Å². The lowest BCUT2D eigenvalue weighted by Crippen LogP contribution is -2.28. The first-order valence-electron chi connectivity index (χ1n) is 8.73. The normalized spacial score (nSPS) is 11.0. The van der Waals surface area contributed by atoms with Crippen LogP contribution < -0.4 is 15.4 Å². The summed E-state index contributed by atoms with van der Waals surface area (Å²) in [4.78, 5) is 16.0. The molecule has 0 fully saturated rings. The molecule has 2 aromatic carbocycles. The number of pyridine rings is 1. The lowest BCUT2D eigenvalue weighted by Gasteiger charge is -2.14. The molecule has 8 heteroatoms. The summed E-state index contributed by atoms with van der Waals surface area (Å²) in [6, 6.07) is 15.0. The van der Waals surface area contributed by atoms with Crippen LogP contribution in [-0.2, 0) is 19.3 Å². The minimum absolute atomic E-state index is 0.0233. The predicted octanol–water partition coefficient (Wildman–Crippen LogP) is 5.00. The van der Waals surface area contributed by atoms with E-state index < -0.39 is 17.8 Å². The monoisotopic (exact) mass is 401 g/mol. The Kier molecular flexibility index (Phi) is 6.33. The Morgan fingerprint density at radius 3 is 2.48 bits per heavy atom. The van der Waals surface area contributed by atoms with Crippen molar-refractivity contribution >= 4 is 11.7 Å². The molecule has 0 aliphatic carbocycles. The number of carbonyl (C=O) groups is 1. The number of hydrogen-bond donors (Lipinski definition) is 2. The average molecular weight is 401 g/mol. The fraction of sp³-hybridized carbons (Fsp3) is 0.143. The first-order chi connectivity index (χ1) is 13.9. The van der Waals surface area contributed by atoms with E-state index in [2.05, 4.69) is 15.6 Å². The number of hydrogen-bond acceptors (Lipinski definition) is 3. The maximum absolute atomic E-state index is 13.2. The van der Waals surface area contributed by atoms with E-state index in [1.165, 1.54) is 6.07 Å². The number of urea groups is 1. The summed E-state index contributed by atoms with van der Waals surface area (Å²) >= 11 is 0. The summed E-state index contributed by atoms with van der Waals surface area (Å²) < 4.78 is 45.2. The molecule has 0 atom stereocenters. The Hall–Kier alpha value is -3.55. The first-order valence-corrected chi connectivity index (χ1v) is 8.73. The highest BCUT2D eigenvalue weighted by atomic mass is 19.4. The van der Waals surface area contributed by atoms with E-state index in [1.54, 1.807) is 48.8 Å². The molecular formula is C21H18F3N3O2. The van der Waals surface area contributed by atoms with Gasteiger partial charge in [0.1, 0.15) is 12.4 Å². The van der Waals surface area contributed by atoms with Gasteiger partial charge in [-0.15, -0.1) is 0 Å². The number of alkyl halides is 3. The molecule has 5 nitrogen and oxygen atoms in total. The summed E-state index contributed by atoms with van der Waals surface area (Å²) in [7, 11) is 0. The van der Waals surface area contributed by atoms with Crippen LogP contribution in [-0.4, -0.2) is 11.0 Å². The molecule has 0 saturated carbocycles. The van der Waals surface area contributed by atoms with Crippen LogP contribution in [0.4, 0.5) is 23.7 Å². The third-order valence-corrected chi connectivity index (χ3v) is 3.90. The maximum Gasteiger partial charge on any atom is 0.416 e. The summed E-state index contributed by atoms with van der Waals surface area (Å²) in [5.41, 5.74) is 0.208. The molecular weight excluding hydrogens is 383 g/mol. The predicted molar refractivity (Wildman–Crippen MR) is 102 cm³/mol. The van der Waals surface area contributed by atoms with Crippen molar-refractivity contribution < 1.29 is 22.7 Å². The summed E-state index contributed by atoms with van der Waals surface area (Å²) in [6.07, 6.45) is -1.36. The van der Waals surface area contributed by atoms with E-state index in [0.717, 1.165) is 17.7 Å². The maximum atomic E-state index is 13.2. The minimum atomic E-state index is -4.55. The SMILES string of the molecule is O=C(NCc1cccnc1)Nc1cc(COc2ccccc2)cc(C(F)(F)F)c1. The Morgan fingerprint density at radius 1 is 1.00 bits per heavy atom. The topological polar surface area (TPSA) is 63.2 Å². The largest absolute Gasteiger partial charge is 0.489 e. The molecule has 1 heterocycles. The van der Waals surface area contributed by atoms with Gasteiger partial charge in [-0.05, 0) is 47.5 Å². The van der Waals surface area contributed by atoms with Crippen LogP contribution >= 0.6 is 0 Å².